The van der Waals surface area contributed by atoms with Crippen molar-refractivity contribution in [2.24, 2.45) is 0 Å². The van der Waals surface area contributed by atoms with Crippen LogP contribution in [0.5, 0.6) is 5.75 Å². The summed E-state index contributed by atoms with van der Waals surface area (Å²) in [5.74, 6) is 0.184. The number of carbonyl (C=O) groups is 1. The van der Waals surface area contributed by atoms with Crippen molar-refractivity contribution >= 4 is 21.7 Å². The zero-order valence-electron chi connectivity index (χ0n) is 18.9. The van der Waals surface area contributed by atoms with E-state index in [1.807, 2.05) is 6.07 Å². The standard InChI is InChI=1S/C25H25FN4O4S/c26-20-1-7-24(8-2-20)35(32,33)30-13-10-23(11-14-30)34-22-5-3-21(4-6-22)28-25(31)29-16-18-9-12-27-15-19(18)17-29/h1-9,12,15,23H,10-11,13-14,16-17H2,(H,28,31). The van der Waals surface area contributed by atoms with Gasteiger partial charge in [-0.1, -0.05) is 0 Å². The van der Waals surface area contributed by atoms with E-state index in [1.165, 1.54) is 16.4 Å². The minimum atomic E-state index is -3.65. The second kappa shape index (κ2) is 9.63. The fraction of sp³-hybridized carbons (Fsp3) is 0.280. The van der Waals surface area contributed by atoms with Crippen molar-refractivity contribution < 1.29 is 22.3 Å². The molecule has 3 aromatic rings. The molecule has 10 heteroatoms. The van der Waals surface area contributed by atoms with Crippen LogP contribution < -0.4 is 10.1 Å². The lowest BCUT2D eigenvalue weighted by atomic mass is 10.1. The van der Waals surface area contributed by atoms with Gasteiger partial charge in [0.15, 0.2) is 0 Å². The van der Waals surface area contributed by atoms with E-state index in [2.05, 4.69) is 10.3 Å². The summed E-state index contributed by atoms with van der Waals surface area (Å²) in [4.78, 5) is 18.5. The molecule has 0 saturated carbocycles. The third-order valence-electron chi connectivity index (χ3n) is 6.27. The minimum absolute atomic E-state index is 0.0883. The number of amides is 2. The highest BCUT2D eigenvalue weighted by atomic mass is 32.2. The SMILES string of the molecule is O=C(Nc1ccc(OC2CCN(S(=O)(=O)c3ccc(F)cc3)CC2)cc1)N1Cc2ccncc2C1. The summed E-state index contributed by atoms with van der Waals surface area (Å²) < 4.78 is 46.1. The number of sulfonamides is 1. The number of hydrogen-bond donors (Lipinski definition) is 1. The predicted molar refractivity (Wildman–Crippen MR) is 128 cm³/mol. The molecule has 0 atom stereocenters. The van der Waals surface area contributed by atoms with Gasteiger partial charge >= 0.3 is 6.03 Å². The number of urea groups is 1. The van der Waals surface area contributed by atoms with Crippen LogP contribution in [0.25, 0.3) is 0 Å². The number of piperidine rings is 1. The van der Waals surface area contributed by atoms with Crippen molar-refractivity contribution in [1.29, 1.82) is 0 Å². The highest BCUT2D eigenvalue weighted by molar-refractivity contribution is 7.89. The Labute approximate surface area is 203 Å². The molecule has 8 nitrogen and oxygen atoms in total. The Morgan fingerprint density at radius 1 is 0.971 bits per heavy atom. The molecule has 1 fully saturated rings. The van der Waals surface area contributed by atoms with Gasteiger partial charge in [0.25, 0.3) is 0 Å². The summed E-state index contributed by atoms with van der Waals surface area (Å²) in [6.07, 6.45) is 4.49. The van der Waals surface area contributed by atoms with Gasteiger partial charge in [-0.2, -0.15) is 4.31 Å². The summed E-state index contributed by atoms with van der Waals surface area (Å²) in [7, 11) is -3.65. The molecular formula is C25H25FN4O4S. The highest BCUT2D eigenvalue weighted by Crippen LogP contribution is 2.26. The van der Waals surface area contributed by atoms with Gasteiger partial charge < -0.3 is 15.0 Å². The third kappa shape index (κ3) is 5.13. The van der Waals surface area contributed by atoms with E-state index in [0.717, 1.165) is 23.3 Å². The summed E-state index contributed by atoms with van der Waals surface area (Å²) in [5, 5.41) is 2.91. The summed E-state index contributed by atoms with van der Waals surface area (Å²) in [6.45, 7) is 1.74. The van der Waals surface area contributed by atoms with Crippen LogP contribution in [0, 0.1) is 5.82 Å². The second-order valence-corrected chi connectivity index (χ2v) is 10.6. The first-order valence-electron chi connectivity index (χ1n) is 11.4. The number of anilines is 1. The summed E-state index contributed by atoms with van der Waals surface area (Å²) in [6, 6.07) is 13.8. The van der Waals surface area contributed by atoms with Crippen LogP contribution in [-0.4, -0.2) is 47.8 Å². The number of carbonyl (C=O) groups excluding carboxylic acids is 1. The molecule has 1 saturated heterocycles. The first-order valence-corrected chi connectivity index (χ1v) is 12.8. The van der Waals surface area contributed by atoms with E-state index in [1.54, 1.807) is 41.6 Å². The Kier molecular flexibility index (Phi) is 6.40. The number of ether oxygens (including phenoxy) is 1. The van der Waals surface area contributed by atoms with E-state index in [9.17, 15) is 17.6 Å². The maximum atomic E-state index is 13.1. The maximum Gasteiger partial charge on any atom is 0.322 e. The van der Waals surface area contributed by atoms with E-state index in [0.29, 0.717) is 50.5 Å². The van der Waals surface area contributed by atoms with E-state index >= 15 is 0 Å². The molecule has 0 aliphatic carbocycles. The van der Waals surface area contributed by atoms with E-state index in [-0.39, 0.29) is 17.0 Å². The van der Waals surface area contributed by atoms with Gasteiger partial charge in [-0.3, -0.25) is 4.98 Å². The molecule has 0 spiro atoms. The van der Waals surface area contributed by atoms with Crippen molar-refractivity contribution in [1.82, 2.24) is 14.2 Å². The van der Waals surface area contributed by atoms with E-state index in [4.69, 9.17) is 4.74 Å². The van der Waals surface area contributed by atoms with Gasteiger partial charge in [-0.15, -0.1) is 0 Å². The van der Waals surface area contributed by atoms with Crippen LogP contribution in [0.2, 0.25) is 0 Å². The molecule has 0 unspecified atom stereocenters. The van der Waals surface area contributed by atoms with Crippen molar-refractivity contribution in [3.63, 3.8) is 0 Å². The zero-order chi connectivity index (χ0) is 24.4. The molecule has 2 aromatic carbocycles. The molecule has 182 valence electrons. The quantitative estimate of drug-likeness (QED) is 0.577. The number of nitrogens with one attached hydrogen (secondary N) is 1. The Morgan fingerprint density at radius 3 is 2.34 bits per heavy atom. The molecule has 1 N–H and O–H groups in total. The smallest absolute Gasteiger partial charge is 0.322 e. The molecule has 3 heterocycles. The van der Waals surface area contributed by atoms with Crippen LogP contribution in [-0.2, 0) is 23.1 Å². The average Bonchev–Trinajstić information content (AvgIpc) is 3.31. The number of benzene rings is 2. The molecule has 2 amide bonds. The zero-order valence-corrected chi connectivity index (χ0v) is 19.7. The number of nitrogens with zero attached hydrogens (tertiary/aromatic N) is 3. The van der Waals surface area contributed by atoms with Crippen LogP contribution in [0.15, 0.2) is 71.9 Å². The Morgan fingerprint density at radius 2 is 1.66 bits per heavy atom. The first kappa shape index (κ1) is 23.3. The normalized spacial score (nSPS) is 16.7. The fourth-order valence-corrected chi connectivity index (χ4v) is 5.79. The summed E-state index contributed by atoms with van der Waals surface area (Å²) >= 11 is 0. The van der Waals surface area contributed by atoms with Gasteiger partial charge in [-0.05, 0) is 78.6 Å². The van der Waals surface area contributed by atoms with E-state index < -0.39 is 15.8 Å². The van der Waals surface area contributed by atoms with Crippen LogP contribution >= 0.6 is 0 Å². The molecular weight excluding hydrogens is 471 g/mol. The van der Waals surface area contributed by atoms with Crippen LogP contribution in [0.3, 0.4) is 0 Å². The molecule has 35 heavy (non-hydrogen) atoms. The molecule has 0 bridgehead atoms. The molecule has 2 aliphatic heterocycles. The van der Waals surface area contributed by atoms with Crippen molar-refractivity contribution in [2.75, 3.05) is 18.4 Å². The van der Waals surface area contributed by atoms with Gasteiger partial charge in [-0.25, -0.2) is 17.6 Å². The van der Waals surface area contributed by atoms with Gasteiger partial charge in [0.05, 0.1) is 4.90 Å². The molecule has 0 radical (unpaired) electrons. The maximum absolute atomic E-state index is 13.1. The number of fused-ring (bicyclic) bond motifs is 1. The number of hydrogen-bond acceptors (Lipinski definition) is 5. The lowest BCUT2D eigenvalue weighted by Crippen LogP contribution is -2.41. The second-order valence-electron chi connectivity index (χ2n) is 8.63. The number of aromatic nitrogens is 1. The monoisotopic (exact) mass is 496 g/mol. The number of rotatable bonds is 5. The summed E-state index contributed by atoms with van der Waals surface area (Å²) in [5.41, 5.74) is 2.83. The number of halogens is 1. The van der Waals surface area contributed by atoms with Crippen molar-refractivity contribution in [2.45, 2.75) is 36.9 Å². The third-order valence-corrected chi connectivity index (χ3v) is 8.19. The highest BCUT2D eigenvalue weighted by Gasteiger charge is 2.30. The molecule has 2 aliphatic rings. The lowest BCUT2D eigenvalue weighted by molar-refractivity contribution is 0.135. The minimum Gasteiger partial charge on any atom is -0.490 e. The largest absolute Gasteiger partial charge is 0.490 e. The van der Waals surface area contributed by atoms with Gasteiger partial charge in [0, 0.05) is 44.3 Å². The average molecular weight is 497 g/mol. The molecule has 1 aromatic heterocycles. The topological polar surface area (TPSA) is 91.8 Å². The van der Waals surface area contributed by atoms with Gasteiger partial charge in [0.1, 0.15) is 17.7 Å². The first-order chi connectivity index (χ1) is 16.9. The van der Waals surface area contributed by atoms with Crippen molar-refractivity contribution in [3.05, 3.63) is 83.9 Å². The lowest BCUT2D eigenvalue weighted by Gasteiger charge is -2.31. The fourth-order valence-electron chi connectivity index (χ4n) is 4.32. The Hall–Kier alpha value is -3.50. The number of pyridine rings is 1. The Bertz CT molecular complexity index is 1280. The Balaban J connectivity index is 1.12. The molecule has 5 rings (SSSR count). The van der Waals surface area contributed by atoms with Crippen LogP contribution in [0.1, 0.15) is 24.0 Å². The van der Waals surface area contributed by atoms with Crippen molar-refractivity contribution in [3.8, 4) is 5.75 Å². The van der Waals surface area contributed by atoms with Gasteiger partial charge in [0.2, 0.25) is 10.0 Å². The predicted octanol–water partition coefficient (Wildman–Crippen LogP) is 4.00. The van der Waals surface area contributed by atoms with Crippen LogP contribution in [0.4, 0.5) is 14.9 Å².